The van der Waals surface area contributed by atoms with E-state index >= 15 is 0 Å². The number of hydrogen-bond acceptors (Lipinski definition) is 2. The minimum absolute atomic E-state index is 0.252. The zero-order valence-electron chi connectivity index (χ0n) is 8.97. The van der Waals surface area contributed by atoms with Gasteiger partial charge in [0, 0.05) is 12.1 Å². The molecule has 1 aromatic rings. The summed E-state index contributed by atoms with van der Waals surface area (Å²) in [5, 5.41) is 0. The van der Waals surface area contributed by atoms with Gasteiger partial charge in [-0.3, -0.25) is 0 Å². The van der Waals surface area contributed by atoms with Gasteiger partial charge in [-0.1, -0.05) is 12.1 Å². The van der Waals surface area contributed by atoms with Gasteiger partial charge in [-0.15, -0.1) is 0 Å². The highest BCUT2D eigenvalue weighted by atomic mass is 19.4. The Hall–Kier alpha value is -1.23. The lowest BCUT2D eigenvalue weighted by molar-refractivity contribution is -0.139. The summed E-state index contributed by atoms with van der Waals surface area (Å²) in [7, 11) is 0. The van der Waals surface area contributed by atoms with Crippen LogP contribution in [0.3, 0.4) is 0 Å². The van der Waals surface area contributed by atoms with Crippen LogP contribution in [0, 0.1) is 6.92 Å². The third-order valence-electron chi connectivity index (χ3n) is 2.09. The summed E-state index contributed by atoms with van der Waals surface area (Å²) < 4.78 is 40.8. The van der Waals surface area contributed by atoms with Gasteiger partial charge >= 0.3 is 6.18 Å². The maximum atomic E-state index is 11.9. The maximum absolute atomic E-state index is 11.9. The number of halogens is 3. The predicted octanol–water partition coefficient (Wildman–Crippen LogP) is 2.78. The average molecular weight is 233 g/mol. The molecular formula is C11H14F3NO. The van der Waals surface area contributed by atoms with E-state index in [1.54, 1.807) is 12.1 Å². The highest BCUT2D eigenvalue weighted by molar-refractivity contribution is 5.36. The van der Waals surface area contributed by atoms with Crippen LogP contribution in [0.2, 0.25) is 0 Å². The van der Waals surface area contributed by atoms with Crippen LogP contribution in [0.1, 0.15) is 17.5 Å². The molecule has 0 atom stereocenters. The molecule has 0 saturated heterocycles. The van der Waals surface area contributed by atoms with Crippen molar-refractivity contribution in [3.8, 4) is 5.75 Å². The molecule has 0 spiro atoms. The Morgan fingerprint density at radius 2 is 2.00 bits per heavy atom. The van der Waals surface area contributed by atoms with Crippen molar-refractivity contribution in [1.29, 1.82) is 0 Å². The monoisotopic (exact) mass is 233 g/mol. The maximum Gasteiger partial charge on any atom is 0.392 e. The van der Waals surface area contributed by atoms with Crippen molar-refractivity contribution in [2.45, 2.75) is 26.1 Å². The second-order valence-corrected chi connectivity index (χ2v) is 3.53. The number of rotatable bonds is 4. The molecule has 0 aromatic heterocycles. The Bertz CT molecular complexity index is 350. The summed E-state index contributed by atoms with van der Waals surface area (Å²) in [6.07, 6.45) is -5.14. The lowest BCUT2D eigenvalue weighted by Gasteiger charge is -2.12. The molecule has 2 nitrogen and oxygen atoms in total. The number of alkyl halides is 3. The van der Waals surface area contributed by atoms with E-state index in [0.29, 0.717) is 11.3 Å². The van der Waals surface area contributed by atoms with Crippen molar-refractivity contribution >= 4 is 0 Å². The van der Waals surface area contributed by atoms with Gasteiger partial charge in [-0.2, -0.15) is 13.2 Å². The first-order valence-corrected chi connectivity index (χ1v) is 4.91. The number of nitrogens with two attached hydrogens (primary N) is 1. The van der Waals surface area contributed by atoms with Crippen molar-refractivity contribution in [2.24, 2.45) is 5.73 Å². The molecule has 0 saturated carbocycles. The SMILES string of the molecule is Cc1ccc(CN)c(OCCC(F)(F)F)c1. The standard InChI is InChI=1S/C11H14F3NO/c1-8-2-3-9(7-15)10(6-8)16-5-4-11(12,13)14/h2-3,6H,4-5,7,15H2,1H3. The molecule has 0 fully saturated rings. The van der Waals surface area contributed by atoms with Crippen LogP contribution >= 0.6 is 0 Å². The lowest BCUT2D eigenvalue weighted by Crippen LogP contribution is -2.14. The van der Waals surface area contributed by atoms with E-state index in [2.05, 4.69) is 0 Å². The molecule has 0 heterocycles. The van der Waals surface area contributed by atoms with E-state index < -0.39 is 12.6 Å². The second kappa shape index (κ2) is 5.21. The molecule has 0 unspecified atom stereocenters. The van der Waals surface area contributed by atoms with Crippen molar-refractivity contribution in [1.82, 2.24) is 0 Å². The molecule has 0 aliphatic heterocycles. The molecule has 0 aliphatic rings. The molecule has 0 radical (unpaired) electrons. The Morgan fingerprint density at radius 1 is 1.31 bits per heavy atom. The van der Waals surface area contributed by atoms with E-state index in [1.807, 2.05) is 13.0 Å². The molecule has 90 valence electrons. The van der Waals surface area contributed by atoms with Gasteiger partial charge < -0.3 is 10.5 Å². The molecule has 16 heavy (non-hydrogen) atoms. The van der Waals surface area contributed by atoms with E-state index in [1.165, 1.54) is 0 Å². The molecule has 0 bridgehead atoms. The minimum atomic E-state index is -4.19. The molecular weight excluding hydrogens is 219 g/mol. The third-order valence-corrected chi connectivity index (χ3v) is 2.09. The van der Waals surface area contributed by atoms with Crippen LogP contribution in [0.25, 0.3) is 0 Å². The summed E-state index contributed by atoms with van der Waals surface area (Å²) in [6, 6.07) is 5.30. The Labute approximate surface area is 92.2 Å². The van der Waals surface area contributed by atoms with Crippen LogP contribution in [-0.4, -0.2) is 12.8 Å². The molecule has 2 N–H and O–H groups in total. The quantitative estimate of drug-likeness (QED) is 0.867. The van der Waals surface area contributed by atoms with Crippen LogP contribution in [0.4, 0.5) is 13.2 Å². The van der Waals surface area contributed by atoms with Gasteiger partial charge in [-0.25, -0.2) is 0 Å². The normalized spacial score (nSPS) is 11.6. The third kappa shape index (κ3) is 4.10. The highest BCUT2D eigenvalue weighted by Crippen LogP contribution is 2.23. The van der Waals surface area contributed by atoms with Crippen molar-refractivity contribution < 1.29 is 17.9 Å². The van der Waals surface area contributed by atoms with E-state index in [-0.39, 0.29) is 13.2 Å². The van der Waals surface area contributed by atoms with Gasteiger partial charge in [-0.05, 0) is 18.6 Å². The van der Waals surface area contributed by atoms with Crippen LogP contribution in [0.15, 0.2) is 18.2 Å². The molecule has 1 aromatic carbocycles. The first-order valence-electron chi connectivity index (χ1n) is 4.91. The second-order valence-electron chi connectivity index (χ2n) is 3.53. The lowest BCUT2D eigenvalue weighted by atomic mass is 10.1. The zero-order chi connectivity index (χ0) is 12.2. The largest absolute Gasteiger partial charge is 0.493 e. The summed E-state index contributed by atoms with van der Waals surface area (Å²) in [5.74, 6) is 0.437. The van der Waals surface area contributed by atoms with Crippen molar-refractivity contribution in [2.75, 3.05) is 6.61 Å². The number of hydrogen-bond donors (Lipinski definition) is 1. The molecule has 1 rings (SSSR count). The average Bonchev–Trinajstić information content (AvgIpc) is 2.16. The fraction of sp³-hybridized carbons (Fsp3) is 0.455. The number of aryl methyl sites for hydroxylation is 1. The van der Waals surface area contributed by atoms with Gasteiger partial charge in [0.05, 0.1) is 13.0 Å². The van der Waals surface area contributed by atoms with Crippen LogP contribution < -0.4 is 10.5 Å². The Balaban J connectivity index is 2.62. The van der Waals surface area contributed by atoms with Crippen LogP contribution in [-0.2, 0) is 6.54 Å². The fourth-order valence-corrected chi connectivity index (χ4v) is 1.24. The van der Waals surface area contributed by atoms with Crippen LogP contribution in [0.5, 0.6) is 5.75 Å². The topological polar surface area (TPSA) is 35.2 Å². The summed E-state index contributed by atoms with van der Waals surface area (Å²) >= 11 is 0. The van der Waals surface area contributed by atoms with Gasteiger partial charge in [0.25, 0.3) is 0 Å². The zero-order valence-corrected chi connectivity index (χ0v) is 8.97. The first-order chi connectivity index (χ1) is 7.42. The summed E-state index contributed by atoms with van der Waals surface area (Å²) in [4.78, 5) is 0. The smallest absolute Gasteiger partial charge is 0.392 e. The molecule has 0 aliphatic carbocycles. The van der Waals surface area contributed by atoms with E-state index in [9.17, 15) is 13.2 Å². The Morgan fingerprint density at radius 3 is 2.56 bits per heavy atom. The predicted molar refractivity (Wildman–Crippen MR) is 55.2 cm³/mol. The van der Waals surface area contributed by atoms with Crippen molar-refractivity contribution in [3.05, 3.63) is 29.3 Å². The minimum Gasteiger partial charge on any atom is -0.493 e. The summed E-state index contributed by atoms with van der Waals surface area (Å²) in [5.41, 5.74) is 7.10. The van der Waals surface area contributed by atoms with Crippen molar-refractivity contribution in [3.63, 3.8) is 0 Å². The van der Waals surface area contributed by atoms with Gasteiger partial charge in [0.15, 0.2) is 0 Å². The van der Waals surface area contributed by atoms with Gasteiger partial charge in [0.2, 0.25) is 0 Å². The first kappa shape index (κ1) is 12.8. The number of ether oxygens (including phenoxy) is 1. The molecule has 0 amide bonds. The fourth-order valence-electron chi connectivity index (χ4n) is 1.24. The van der Waals surface area contributed by atoms with E-state index in [0.717, 1.165) is 5.56 Å². The van der Waals surface area contributed by atoms with E-state index in [4.69, 9.17) is 10.5 Å². The summed E-state index contributed by atoms with van der Waals surface area (Å²) in [6.45, 7) is 1.72. The molecule has 5 heteroatoms. The van der Waals surface area contributed by atoms with Gasteiger partial charge in [0.1, 0.15) is 5.75 Å². The number of benzene rings is 1. The highest BCUT2D eigenvalue weighted by Gasteiger charge is 2.26. The Kier molecular flexibility index (Phi) is 4.18.